The maximum Gasteiger partial charge on any atom is 0.143 e. The van der Waals surface area contributed by atoms with Crippen LogP contribution in [-0.4, -0.2) is 0 Å². The highest BCUT2D eigenvalue weighted by molar-refractivity contribution is 6.20. The molecule has 0 aliphatic rings. The van der Waals surface area contributed by atoms with E-state index in [2.05, 4.69) is 0 Å². The Bertz CT molecular complexity index is 3440. The number of rotatable bonds is 5. The minimum absolute atomic E-state index is 0.114. The van der Waals surface area contributed by atoms with Crippen LogP contribution in [0.5, 0.6) is 0 Å². The SMILES string of the molecule is [2H]c1c([2H])c(N(c2ccccc2-c2ccccc2)c2cccc3oc4c5ccccc5ccc4c23)c([2H])c([2H])c1-c1c([2H])c([2H])c2c(oc3c([2H])c([2H])c([2H])c([2H])c32)c1[2H]. The van der Waals surface area contributed by atoms with Crippen LogP contribution in [0.3, 0.4) is 0 Å². The molecule has 0 fully saturated rings. The predicted octanol–water partition coefficient (Wildman–Crippen LogP) is 13.4. The van der Waals surface area contributed by atoms with Gasteiger partial charge in [0, 0.05) is 32.8 Å². The molecular weight excluding hydrogens is 599 g/mol. The summed E-state index contributed by atoms with van der Waals surface area (Å²) in [7, 11) is 0. The Morgan fingerprint density at radius 1 is 0.449 bits per heavy atom. The van der Waals surface area contributed by atoms with Gasteiger partial charge in [-0.25, -0.2) is 0 Å². The quantitative estimate of drug-likeness (QED) is 0.188. The molecule has 8 aromatic carbocycles. The summed E-state index contributed by atoms with van der Waals surface area (Å²) >= 11 is 0. The molecule has 0 amide bonds. The number of para-hydroxylation sites is 2. The van der Waals surface area contributed by atoms with Gasteiger partial charge in [0.1, 0.15) is 22.3 Å². The lowest BCUT2D eigenvalue weighted by molar-refractivity contribution is 0.669. The molecule has 0 radical (unpaired) electrons. The number of benzene rings is 8. The third-order valence-electron chi connectivity index (χ3n) is 8.81. The van der Waals surface area contributed by atoms with E-state index in [0.29, 0.717) is 27.9 Å². The van der Waals surface area contributed by atoms with Gasteiger partial charge >= 0.3 is 0 Å². The van der Waals surface area contributed by atoms with E-state index >= 15 is 0 Å². The normalized spacial score (nSPS) is 14.8. The van der Waals surface area contributed by atoms with E-state index in [0.717, 1.165) is 27.3 Å². The van der Waals surface area contributed by atoms with Crippen LogP contribution in [0.25, 0.3) is 76.9 Å². The summed E-state index contributed by atoms with van der Waals surface area (Å²) in [4.78, 5) is 1.70. The molecule has 49 heavy (non-hydrogen) atoms. The first kappa shape index (κ1) is 18.7. The van der Waals surface area contributed by atoms with E-state index in [9.17, 15) is 6.85 Å². The van der Waals surface area contributed by atoms with Crippen molar-refractivity contribution in [3.63, 3.8) is 0 Å². The summed E-state index contributed by atoms with van der Waals surface area (Å²) in [6, 6.07) is 28.3. The van der Waals surface area contributed by atoms with Crippen molar-refractivity contribution in [3.8, 4) is 22.3 Å². The first-order valence-corrected chi connectivity index (χ1v) is 15.7. The molecular formula is C46H29NO2. The largest absolute Gasteiger partial charge is 0.456 e. The van der Waals surface area contributed by atoms with Gasteiger partial charge in [-0.15, -0.1) is 0 Å². The van der Waals surface area contributed by atoms with E-state index in [4.69, 9.17) is 17.1 Å². The zero-order valence-electron chi connectivity index (χ0n) is 36.7. The Balaban J connectivity index is 1.29. The number of hydrogen-bond acceptors (Lipinski definition) is 3. The van der Waals surface area contributed by atoms with Crippen molar-refractivity contribution >= 4 is 71.7 Å². The second-order valence-corrected chi connectivity index (χ2v) is 11.6. The van der Waals surface area contributed by atoms with Crippen LogP contribution in [-0.2, 0) is 0 Å². The van der Waals surface area contributed by atoms with E-state index in [1.165, 1.54) is 0 Å². The minimum atomic E-state index is -0.621. The molecule has 230 valence electrons. The number of nitrogens with zero attached hydrogens (tertiary/aromatic N) is 1. The predicted molar refractivity (Wildman–Crippen MR) is 204 cm³/mol. The van der Waals surface area contributed by atoms with Crippen molar-refractivity contribution < 1.29 is 23.9 Å². The van der Waals surface area contributed by atoms with Gasteiger partial charge in [-0.05, 0) is 76.6 Å². The number of fused-ring (bicyclic) bond motifs is 8. The summed E-state index contributed by atoms with van der Waals surface area (Å²) in [6.07, 6.45) is 0. The molecule has 2 aromatic heterocycles. The fraction of sp³-hybridized carbons (Fsp3) is 0. The van der Waals surface area contributed by atoms with Crippen LogP contribution in [0.1, 0.15) is 15.1 Å². The Morgan fingerprint density at radius 3 is 2.12 bits per heavy atom. The highest BCUT2D eigenvalue weighted by atomic mass is 16.3. The van der Waals surface area contributed by atoms with E-state index < -0.39 is 77.6 Å². The molecule has 0 saturated heterocycles. The van der Waals surface area contributed by atoms with Crippen molar-refractivity contribution in [2.45, 2.75) is 0 Å². The lowest BCUT2D eigenvalue weighted by Crippen LogP contribution is -2.11. The Hall–Kier alpha value is -6.58. The average Bonchev–Trinajstić information content (AvgIpc) is 3.87. The molecule has 10 aromatic rings. The summed E-state index contributed by atoms with van der Waals surface area (Å²) in [5.74, 6) is 0. The standard InChI is InChI=1S/C46H29NO2/c1-2-11-31(12-3-1)35-14-6-8-17-40(35)47(41-18-10-20-43-45(41)39-28-23-32-13-4-5-15-36(32)46(39)49-43)34-25-21-30(22-26-34)33-24-27-38-37-16-7-9-19-42(37)48-44(38)29-33/h1-29H/i7D,9D,16D,19D,21D,22D,24D,25D,26D,27D,29D. The Morgan fingerprint density at radius 2 is 1.20 bits per heavy atom. The zero-order chi connectivity index (χ0) is 41.9. The van der Waals surface area contributed by atoms with Crippen LogP contribution in [0, 0.1) is 0 Å². The first-order valence-electron chi connectivity index (χ1n) is 21.2. The molecule has 0 spiro atoms. The van der Waals surface area contributed by atoms with Crippen molar-refractivity contribution in [2.24, 2.45) is 0 Å². The monoisotopic (exact) mass is 638 g/mol. The van der Waals surface area contributed by atoms with Crippen molar-refractivity contribution in [1.82, 2.24) is 0 Å². The van der Waals surface area contributed by atoms with Gasteiger partial charge in [-0.1, -0.05) is 121 Å². The second-order valence-electron chi connectivity index (χ2n) is 11.6. The van der Waals surface area contributed by atoms with Crippen LogP contribution in [0.2, 0.25) is 0 Å². The van der Waals surface area contributed by atoms with E-state index in [-0.39, 0.29) is 27.6 Å². The van der Waals surface area contributed by atoms with Crippen LogP contribution in [0.4, 0.5) is 17.1 Å². The van der Waals surface area contributed by atoms with Gasteiger partial charge in [0.2, 0.25) is 0 Å². The molecule has 0 aliphatic heterocycles. The molecule has 2 heterocycles. The molecule has 0 atom stereocenters. The lowest BCUT2D eigenvalue weighted by Gasteiger charge is -2.28. The topological polar surface area (TPSA) is 29.5 Å². The average molecular weight is 639 g/mol. The lowest BCUT2D eigenvalue weighted by atomic mass is 9.99. The molecule has 0 saturated carbocycles. The van der Waals surface area contributed by atoms with E-state index in [1.54, 1.807) is 11.0 Å². The maximum absolute atomic E-state index is 9.68. The van der Waals surface area contributed by atoms with Crippen LogP contribution < -0.4 is 4.90 Å². The number of furan rings is 2. The first-order chi connectivity index (χ1) is 28.9. The fourth-order valence-electron chi connectivity index (χ4n) is 6.59. The summed E-state index contributed by atoms with van der Waals surface area (Å²) < 4.78 is 111. The number of anilines is 3. The van der Waals surface area contributed by atoms with Gasteiger partial charge in [0.25, 0.3) is 0 Å². The number of hydrogen-bond donors (Lipinski definition) is 0. The second kappa shape index (κ2) is 11.0. The highest BCUT2D eigenvalue weighted by Gasteiger charge is 2.22. The third-order valence-corrected chi connectivity index (χ3v) is 8.81. The van der Waals surface area contributed by atoms with Crippen molar-refractivity contribution in [2.75, 3.05) is 4.90 Å². The van der Waals surface area contributed by atoms with Gasteiger partial charge in [0.05, 0.1) is 31.8 Å². The van der Waals surface area contributed by atoms with E-state index in [1.807, 2.05) is 103 Å². The van der Waals surface area contributed by atoms with Crippen LogP contribution in [0.15, 0.2) is 184 Å². The highest BCUT2D eigenvalue weighted by Crippen LogP contribution is 2.47. The maximum atomic E-state index is 9.68. The molecule has 0 aliphatic carbocycles. The fourth-order valence-corrected chi connectivity index (χ4v) is 6.59. The molecule has 3 heteroatoms. The van der Waals surface area contributed by atoms with Crippen LogP contribution >= 0.6 is 0 Å². The molecule has 3 nitrogen and oxygen atoms in total. The smallest absolute Gasteiger partial charge is 0.143 e. The van der Waals surface area contributed by atoms with Gasteiger partial charge in [-0.2, -0.15) is 0 Å². The summed E-state index contributed by atoms with van der Waals surface area (Å²) in [6.45, 7) is 0. The summed E-state index contributed by atoms with van der Waals surface area (Å²) in [5, 5.41) is 2.98. The third kappa shape index (κ3) is 4.44. The van der Waals surface area contributed by atoms with Gasteiger partial charge in [-0.3, -0.25) is 0 Å². The molecule has 0 unspecified atom stereocenters. The Labute approximate surface area is 298 Å². The van der Waals surface area contributed by atoms with Crippen molar-refractivity contribution in [1.29, 1.82) is 0 Å². The van der Waals surface area contributed by atoms with Crippen molar-refractivity contribution in [3.05, 3.63) is 176 Å². The molecule has 0 N–H and O–H groups in total. The molecule has 10 rings (SSSR count). The summed E-state index contributed by atoms with van der Waals surface area (Å²) in [5.41, 5.74) is 2.24. The van der Waals surface area contributed by atoms with Gasteiger partial charge in [0.15, 0.2) is 0 Å². The zero-order valence-corrected chi connectivity index (χ0v) is 25.7. The molecule has 0 bridgehead atoms. The Kier molecular flexibility index (Phi) is 4.19. The van der Waals surface area contributed by atoms with Gasteiger partial charge < -0.3 is 13.7 Å². The minimum Gasteiger partial charge on any atom is -0.456 e.